The van der Waals surface area contributed by atoms with E-state index in [1.807, 2.05) is 4.72 Å². The second-order valence-corrected chi connectivity index (χ2v) is 10.4. The molecule has 0 fully saturated rings. The van der Waals surface area contributed by atoms with Crippen molar-refractivity contribution in [2.24, 2.45) is 0 Å². The highest BCUT2D eigenvalue weighted by Gasteiger charge is 2.63. The van der Waals surface area contributed by atoms with Crippen molar-refractivity contribution >= 4 is 16.6 Å². The van der Waals surface area contributed by atoms with Gasteiger partial charge in [-0.25, -0.2) is 18.3 Å². The van der Waals surface area contributed by atoms with Crippen LogP contribution in [0.5, 0.6) is 5.75 Å². The van der Waals surface area contributed by atoms with E-state index in [1.165, 1.54) is 20.8 Å². The molecule has 2 aromatic rings. The number of nitrogens with zero attached hydrogens (tertiary/aromatic N) is 1. The summed E-state index contributed by atoms with van der Waals surface area (Å²) < 4.78 is 116. The summed E-state index contributed by atoms with van der Waals surface area (Å²) in [4.78, 5) is 3.85. The summed E-state index contributed by atoms with van der Waals surface area (Å²) in [6.45, 7) is 6.14. The number of allylic oxidation sites excluding steroid dienone is 1. The Hall–Kier alpha value is -2.47. The van der Waals surface area contributed by atoms with E-state index in [-0.39, 0.29) is 11.3 Å². The SMILES string of the molecule is C=C(c1cc2c(c(-c3ccc(F)cc3)n1)OC[C@@]2(N[S@](=O)C(C)(C)C)C(F)(F)F)C(F)(F)F. The van der Waals surface area contributed by atoms with Crippen LogP contribution in [0.1, 0.15) is 32.0 Å². The van der Waals surface area contributed by atoms with Gasteiger partial charge in [0.2, 0.25) is 0 Å². The zero-order valence-corrected chi connectivity index (χ0v) is 18.4. The number of rotatable bonds is 4. The van der Waals surface area contributed by atoms with Crippen LogP contribution >= 0.6 is 0 Å². The maximum Gasteiger partial charge on any atom is 0.417 e. The number of nitrogens with one attached hydrogen (secondary N) is 1. The van der Waals surface area contributed by atoms with Crippen LogP contribution in [0.4, 0.5) is 30.7 Å². The molecule has 0 saturated carbocycles. The smallest absolute Gasteiger partial charge is 0.417 e. The van der Waals surface area contributed by atoms with Crippen molar-refractivity contribution in [3.8, 4) is 17.0 Å². The molecule has 0 unspecified atom stereocenters. The highest BCUT2D eigenvalue weighted by molar-refractivity contribution is 7.84. The van der Waals surface area contributed by atoms with Crippen LogP contribution in [0.2, 0.25) is 0 Å². The lowest BCUT2D eigenvalue weighted by atomic mass is 9.90. The minimum absolute atomic E-state index is 0.0272. The molecule has 0 aliphatic carbocycles. The van der Waals surface area contributed by atoms with Crippen LogP contribution in [-0.2, 0) is 16.5 Å². The molecule has 1 N–H and O–H groups in total. The van der Waals surface area contributed by atoms with Crippen LogP contribution in [0.15, 0.2) is 36.9 Å². The molecule has 0 saturated heterocycles. The van der Waals surface area contributed by atoms with Crippen molar-refractivity contribution in [2.45, 2.75) is 43.4 Å². The van der Waals surface area contributed by atoms with Crippen molar-refractivity contribution in [1.82, 2.24) is 9.71 Å². The fourth-order valence-electron chi connectivity index (χ4n) is 3.05. The van der Waals surface area contributed by atoms with Crippen LogP contribution in [0.3, 0.4) is 0 Å². The zero-order valence-electron chi connectivity index (χ0n) is 17.6. The molecular formula is C21H19F7N2O2S. The largest absolute Gasteiger partial charge is 0.488 e. The Kier molecular flexibility index (Phi) is 6.16. The third-order valence-electron chi connectivity index (χ3n) is 4.94. The average molecular weight is 496 g/mol. The van der Waals surface area contributed by atoms with Crippen LogP contribution in [0.25, 0.3) is 16.8 Å². The topological polar surface area (TPSA) is 51.2 Å². The zero-order chi connectivity index (χ0) is 25.0. The molecule has 0 bridgehead atoms. The Labute approximate surface area is 187 Å². The molecule has 180 valence electrons. The maximum absolute atomic E-state index is 14.4. The first-order valence-corrected chi connectivity index (χ1v) is 10.6. The first-order valence-electron chi connectivity index (χ1n) is 9.44. The lowest BCUT2D eigenvalue weighted by Crippen LogP contribution is -2.58. The van der Waals surface area contributed by atoms with Crippen molar-refractivity contribution in [2.75, 3.05) is 6.61 Å². The molecule has 1 aromatic carbocycles. The Morgan fingerprint density at radius 3 is 2.18 bits per heavy atom. The van der Waals surface area contributed by atoms with Gasteiger partial charge >= 0.3 is 12.4 Å². The predicted octanol–water partition coefficient (Wildman–Crippen LogP) is 5.67. The Morgan fingerprint density at radius 2 is 1.70 bits per heavy atom. The number of hydrogen-bond donors (Lipinski definition) is 1. The summed E-state index contributed by atoms with van der Waals surface area (Å²) in [5, 5.41) is 0. The number of fused-ring (bicyclic) bond motifs is 1. The van der Waals surface area contributed by atoms with E-state index in [9.17, 15) is 34.9 Å². The fraction of sp³-hybridized carbons (Fsp3) is 0.381. The molecule has 0 amide bonds. The summed E-state index contributed by atoms with van der Waals surface area (Å²) in [5.74, 6) is -1.12. The number of pyridine rings is 1. The predicted molar refractivity (Wildman–Crippen MR) is 109 cm³/mol. The third-order valence-corrected chi connectivity index (χ3v) is 6.59. The first-order chi connectivity index (χ1) is 15.0. The lowest BCUT2D eigenvalue weighted by molar-refractivity contribution is -0.196. The van der Waals surface area contributed by atoms with Crippen LogP contribution in [-0.4, -0.2) is 32.9 Å². The lowest BCUT2D eigenvalue weighted by Gasteiger charge is -2.34. The molecule has 0 spiro atoms. The van der Waals surface area contributed by atoms with E-state index >= 15 is 0 Å². The summed E-state index contributed by atoms with van der Waals surface area (Å²) in [6.07, 6.45) is -10.1. The first kappa shape index (κ1) is 25.2. The molecule has 2 heterocycles. The van der Waals surface area contributed by atoms with Gasteiger partial charge in [-0.2, -0.15) is 26.3 Å². The molecule has 4 nitrogen and oxygen atoms in total. The molecule has 0 radical (unpaired) electrons. The van der Waals surface area contributed by atoms with Gasteiger partial charge in [0.05, 0.1) is 27.0 Å². The molecule has 12 heteroatoms. The quantitative estimate of drug-likeness (QED) is 0.556. The number of halogens is 7. The van der Waals surface area contributed by atoms with Crippen molar-refractivity contribution < 1.29 is 39.7 Å². The highest BCUT2D eigenvalue weighted by atomic mass is 32.2. The van der Waals surface area contributed by atoms with Crippen molar-refractivity contribution in [1.29, 1.82) is 0 Å². The van der Waals surface area contributed by atoms with Crippen LogP contribution < -0.4 is 9.46 Å². The average Bonchev–Trinajstić information content (AvgIpc) is 3.05. The summed E-state index contributed by atoms with van der Waals surface area (Å²) in [6, 6.07) is 4.85. The molecule has 2 atom stereocenters. The van der Waals surface area contributed by atoms with Crippen molar-refractivity contribution in [3.63, 3.8) is 0 Å². The third kappa shape index (κ3) is 4.63. The molecule has 33 heavy (non-hydrogen) atoms. The van der Waals surface area contributed by atoms with E-state index in [0.717, 1.165) is 24.3 Å². The maximum atomic E-state index is 14.4. The molecular weight excluding hydrogens is 477 g/mol. The summed E-state index contributed by atoms with van der Waals surface area (Å²) >= 11 is 0. The number of aromatic nitrogens is 1. The minimum atomic E-state index is -5.11. The van der Waals surface area contributed by atoms with E-state index in [1.54, 1.807) is 0 Å². The van der Waals surface area contributed by atoms with Gasteiger partial charge in [0.25, 0.3) is 0 Å². The second kappa shape index (κ2) is 8.08. The van der Waals surface area contributed by atoms with Gasteiger partial charge in [-0.05, 0) is 51.1 Å². The van der Waals surface area contributed by atoms with Gasteiger partial charge in [-0.15, -0.1) is 0 Å². The number of hydrogen-bond acceptors (Lipinski definition) is 3. The summed E-state index contributed by atoms with van der Waals surface area (Å²) in [5.41, 5.74) is -6.49. The van der Waals surface area contributed by atoms with Gasteiger partial charge in [0, 0.05) is 11.1 Å². The number of benzene rings is 1. The van der Waals surface area contributed by atoms with E-state index in [0.29, 0.717) is 6.07 Å². The Morgan fingerprint density at radius 1 is 1.12 bits per heavy atom. The monoisotopic (exact) mass is 496 g/mol. The molecule has 1 aliphatic heterocycles. The fourth-order valence-corrected chi connectivity index (χ4v) is 3.95. The second-order valence-electron chi connectivity index (χ2n) is 8.39. The molecule has 3 rings (SSSR count). The van der Waals surface area contributed by atoms with Crippen molar-refractivity contribution in [3.05, 3.63) is 54.0 Å². The van der Waals surface area contributed by atoms with Gasteiger partial charge in [-0.3, -0.25) is 0 Å². The molecule has 1 aromatic heterocycles. The standard InChI is InChI=1S/C21H19F7N2O2S/c1-11(20(23,24)25)15-9-14-17(16(29-15)12-5-7-13(22)8-6-12)32-10-19(14,21(26,27)28)30-33(31)18(2,3)4/h5-9,30H,1,10H2,2-4H3/t19-,33+/m0/s1. The minimum Gasteiger partial charge on any atom is -0.488 e. The summed E-state index contributed by atoms with van der Waals surface area (Å²) in [7, 11) is -2.27. The Balaban J connectivity index is 2.33. The Bertz CT molecular complexity index is 1110. The van der Waals surface area contributed by atoms with Gasteiger partial charge < -0.3 is 4.74 Å². The molecule has 1 aliphatic rings. The van der Waals surface area contributed by atoms with E-state index in [4.69, 9.17) is 4.74 Å². The van der Waals surface area contributed by atoms with E-state index in [2.05, 4.69) is 11.6 Å². The van der Waals surface area contributed by atoms with Crippen LogP contribution in [0, 0.1) is 5.82 Å². The highest BCUT2D eigenvalue weighted by Crippen LogP contribution is 2.51. The van der Waals surface area contributed by atoms with Gasteiger partial charge in [-0.1, -0.05) is 6.58 Å². The number of alkyl halides is 6. The van der Waals surface area contributed by atoms with Gasteiger partial charge in [0.15, 0.2) is 11.3 Å². The van der Waals surface area contributed by atoms with Gasteiger partial charge in [0.1, 0.15) is 18.1 Å². The normalized spacial score (nSPS) is 19.7. The number of ether oxygens (including phenoxy) is 1. The van der Waals surface area contributed by atoms with E-state index < -0.39 is 68.6 Å².